The van der Waals surface area contributed by atoms with Crippen molar-refractivity contribution < 1.29 is 18.3 Å². The van der Waals surface area contributed by atoms with E-state index in [9.17, 15) is 9.18 Å². The fourth-order valence-corrected chi connectivity index (χ4v) is 3.53. The molecule has 0 radical (unpaired) electrons. The first kappa shape index (κ1) is 16.7. The Hall–Kier alpha value is -2.73. The molecule has 5 nitrogen and oxygen atoms in total. The Morgan fingerprint density at radius 2 is 1.81 bits per heavy atom. The van der Waals surface area contributed by atoms with Gasteiger partial charge in [0.05, 0.1) is 5.41 Å². The van der Waals surface area contributed by atoms with Gasteiger partial charge in [0.1, 0.15) is 11.3 Å². The average Bonchev–Trinajstić information content (AvgIpc) is 3.12. The van der Waals surface area contributed by atoms with Crippen molar-refractivity contribution in [3.8, 4) is 0 Å². The van der Waals surface area contributed by atoms with Crippen LogP contribution in [0.1, 0.15) is 18.4 Å². The number of oxazole rings is 1. The minimum atomic E-state index is -0.776. The summed E-state index contributed by atoms with van der Waals surface area (Å²) in [5.41, 5.74) is 1.34. The number of carbonyl (C=O) groups is 1. The van der Waals surface area contributed by atoms with E-state index >= 15 is 0 Å². The maximum Gasteiger partial charge on any atom is 0.304 e. The van der Waals surface area contributed by atoms with E-state index in [2.05, 4.69) is 4.98 Å². The first-order valence-corrected chi connectivity index (χ1v) is 8.58. The number of amides is 1. The number of benzene rings is 2. The zero-order chi connectivity index (χ0) is 18.1. The third-order valence-electron chi connectivity index (χ3n) is 5.03. The number of hydrogen-bond acceptors (Lipinski definition) is 4. The first-order valence-electron chi connectivity index (χ1n) is 8.58. The van der Waals surface area contributed by atoms with E-state index in [0.717, 1.165) is 5.56 Å². The molecule has 1 saturated heterocycles. The van der Waals surface area contributed by atoms with Crippen LogP contribution in [0, 0.1) is 5.82 Å². The van der Waals surface area contributed by atoms with E-state index in [1.165, 1.54) is 17.0 Å². The van der Waals surface area contributed by atoms with Crippen molar-refractivity contribution in [2.75, 3.05) is 25.2 Å². The molecule has 0 bridgehead atoms. The molecule has 1 fully saturated rings. The molecule has 4 rings (SSSR count). The number of fused-ring (bicyclic) bond motifs is 1. The second kappa shape index (κ2) is 6.53. The molecule has 0 saturated carbocycles. The van der Waals surface area contributed by atoms with E-state index in [1.807, 2.05) is 24.3 Å². The number of carbonyl (C=O) groups excluding carboxylic acids is 1. The van der Waals surface area contributed by atoms with Gasteiger partial charge in [0.25, 0.3) is 0 Å². The highest BCUT2D eigenvalue weighted by molar-refractivity contribution is 6.00. The molecule has 0 aliphatic carbocycles. The third kappa shape index (κ3) is 2.76. The highest BCUT2D eigenvalue weighted by Gasteiger charge is 2.44. The molecule has 2 heterocycles. The van der Waals surface area contributed by atoms with Crippen LogP contribution in [0.2, 0.25) is 0 Å². The summed E-state index contributed by atoms with van der Waals surface area (Å²) in [5.74, 6) is -0.449. The van der Waals surface area contributed by atoms with Crippen LogP contribution in [0.15, 0.2) is 52.9 Å². The zero-order valence-electron chi connectivity index (χ0n) is 14.4. The molecule has 3 aromatic rings. The Morgan fingerprint density at radius 3 is 2.50 bits per heavy atom. The van der Waals surface area contributed by atoms with E-state index in [1.54, 1.807) is 19.2 Å². The lowest BCUT2D eigenvalue weighted by molar-refractivity contribution is -0.127. The molecule has 0 N–H and O–H groups in total. The van der Waals surface area contributed by atoms with Gasteiger partial charge in [0.15, 0.2) is 5.58 Å². The topological polar surface area (TPSA) is 55.6 Å². The lowest BCUT2D eigenvalue weighted by atomic mass is 9.73. The number of likely N-dealkylation sites (N-methyl/N-ethyl adjacent to an activating group) is 1. The van der Waals surface area contributed by atoms with Crippen LogP contribution in [-0.2, 0) is 14.9 Å². The van der Waals surface area contributed by atoms with Gasteiger partial charge >= 0.3 is 6.01 Å². The molecule has 2 aromatic carbocycles. The van der Waals surface area contributed by atoms with E-state index in [0.29, 0.717) is 37.2 Å². The second-order valence-electron chi connectivity index (χ2n) is 6.53. The van der Waals surface area contributed by atoms with Crippen molar-refractivity contribution in [3.63, 3.8) is 0 Å². The zero-order valence-corrected chi connectivity index (χ0v) is 14.4. The van der Waals surface area contributed by atoms with Gasteiger partial charge in [-0.2, -0.15) is 4.98 Å². The molecule has 1 aliphatic heterocycles. The first-order chi connectivity index (χ1) is 12.6. The van der Waals surface area contributed by atoms with Crippen molar-refractivity contribution in [2.45, 2.75) is 18.3 Å². The summed E-state index contributed by atoms with van der Waals surface area (Å²) >= 11 is 0. The molecular weight excluding hydrogens is 335 g/mol. The van der Waals surface area contributed by atoms with Crippen LogP contribution in [-0.4, -0.2) is 31.2 Å². The summed E-state index contributed by atoms with van der Waals surface area (Å²) in [7, 11) is 1.66. The maximum atomic E-state index is 13.5. The molecule has 1 amide bonds. The van der Waals surface area contributed by atoms with Crippen molar-refractivity contribution >= 4 is 23.0 Å². The van der Waals surface area contributed by atoms with Gasteiger partial charge in [-0.3, -0.25) is 9.69 Å². The number of aromatic nitrogens is 1. The predicted molar refractivity (Wildman–Crippen MR) is 95.6 cm³/mol. The Kier molecular flexibility index (Phi) is 4.20. The summed E-state index contributed by atoms with van der Waals surface area (Å²) in [6.07, 6.45) is 1.06. The summed E-state index contributed by atoms with van der Waals surface area (Å²) in [6.45, 7) is 0.953. The Morgan fingerprint density at radius 1 is 1.12 bits per heavy atom. The summed E-state index contributed by atoms with van der Waals surface area (Å²) in [5, 5.41) is 0. The van der Waals surface area contributed by atoms with Crippen molar-refractivity contribution in [2.24, 2.45) is 0 Å². The fraction of sp³-hybridized carbons (Fsp3) is 0.300. The normalized spacial score (nSPS) is 16.5. The van der Waals surface area contributed by atoms with Crippen LogP contribution < -0.4 is 4.90 Å². The molecule has 0 atom stereocenters. The number of para-hydroxylation sites is 2. The number of rotatable bonds is 3. The van der Waals surface area contributed by atoms with Crippen molar-refractivity contribution in [3.05, 3.63) is 59.9 Å². The van der Waals surface area contributed by atoms with Crippen LogP contribution in [0.3, 0.4) is 0 Å². The Labute approximate surface area is 150 Å². The minimum absolute atomic E-state index is 0.126. The predicted octanol–water partition coefficient (Wildman–Crippen LogP) is 3.68. The van der Waals surface area contributed by atoms with E-state index in [-0.39, 0.29) is 17.7 Å². The van der Waals surface area contributed by atoms with Crippen LogP contribution in [0.5, 0.6) is 0 Å². The van der Waals surface area contributed by atoms with E-state index in [4.69, 9.17) is 9.15 Å². The molecule has 1 aromatic heterocycles. The van der Waals surface area contributed by atoms with Gasteiger partial charge < -0.3 is 9.15 Å². The van der Waals surface area contributed by atoms with Crippen molar-refractivity contribution in [1.29, 1.82) is 0 Å². The minimum Gasteiger partial charge on any atom is -0.423 e. The van der Waals surface area contributed by atoms with Crippen molar-refractivity contribution in [1.82, 2.24) is 4.98 Å². The van der Waals surface area contributed by atoms with Crippen LogP contribution in [0.4, 0.5) is 10.4 Å². The van der Waals surface area contributed by atoms with Crippen LogP contribution >= 0.6 is 0 Å². The highest BCUT2D eigenvalue weighted by Crippen LogP contribution is 2.38. The number of halogens is 1. The van der Waals surface area contributed by atoms with Gasteiger partial charge in [-0.15, -0.1) is 0 Å². The van der Waals surface area contributed by atoms with Gasteiger partial charge in [-0.1, -0.05) is 24.3 Å². The lowest BCUT2D eigenvalue weighted by Crippen LogP contribution is -2.49. The smallest absolute Gasteiger partial charge is 0.304 e. The largest absolute Gasteiger partial charge is 0.423 e. The molecule has 26 heavy (non-hydrogen) atoms. The quantitative estimate of drug-likeness (QED) is 0.720. The Balaban J connectivity index is 1.72. The number of ether oxygens (including phenoxy) is 1. The second-order valence-corrected chi connectivity index (χ2v) is 6.53. The van der Waals surface area contributed by atoms with E-state index < -0.39 is 5.41 Å². The number of nitrogens with zero attached hydrogens (tertiary/aromatic N) is 2. The summed E-state index contributed by atoms with van der Waals surface area (Å²) in [6, 6.07) is 13.8. The molecule has 6 heteroatoms. The monoisotopic (exact) mass is 354 g/mol. The SMILES string of the molecule is CN(C(=O)C1(c2ccc(F)cc2)CCOCC1)c1nc2ccccc2o1. The maximum absolute atomic E-state index is 13.5. The van der Waals surface area contributed by atoms with Gasteiger partial charge in [0.2, 0.25) is 5.91 Å². The van der Waals surface area contributed by atoms with Gasteiger partial charge in [0, 0.05) is 20.3 Å². The van der Waals surface area contributed by atoms with Gasteiger partial charge in [-0.25, -0.2) is 4.39 Å². The fourth-order valence-electron chi connectivity index (χ4n) is 3.53. The number of hydrogen-bond donors (Lipinski definition) is 0. The average molecular weight is 354 g/mol. The lowest BCUT2D eigenvalue weighted by Gasteiger charge is -2.38. The molecule has 0 spiro atoms. The molecule has 0 unspecified atom stereocenters. The molecule has 134 valence electrons. The third-order valence-corrected chi connectivity index (χ3v) is 5.03. The number of anilines is 1. The molecular formula is C20H19FN2O3. The highest BCUT2D eigenvalue weighted by atomic mass is 19.1. The summed E-state index contributed by atoms with van der Waals surface area (Å²) < 4.78 is 24.6. The molecule has 1 aliphatic rings. The standard InChI is InChI=1S/C20H19FN2O3/c1-23(19-22-16-4-2-3-5-17(16)26-19)18(24)20(10-12-25-13-11-20)14-6-8-15(21)9-7-14/h2-9H,10-13H2,1H3. The van der Waals surface area contributed by atoms with Crippen LogP contribution in [0.25, 0.3) is 11.1 Å². The Bertz CT molecular complexity index is 897. The van der Waals surface area contributed by atoms with Gasteiger partial charge in [-0.05, 0) is 42.7 Å². The summed E-state index contributed by atoms with van der Waals surface area (Å²) in [4.78, 5) is 19.3.